The molecule has 5 atom stereocenters. The Balaban J connectivity index is 2.24. The van der Waals surface area contributed by atoms with E-state index >= 15 is 0 Å². The summed E-state index contributed by atoms with van der Waals surface area (Å²) in [7, 11) is 0. The summed E-state index contributed by atoms with van der Waals surface area (Å²) in [6.07, 6.45) is -4.44. The van der Waals surface area contributed by atoms with Crippen LogP contribution in [0.2, 0.25) is 0 Å². The molecular formula is C11H12O12. The third kappa shape index (κ3) is 1.90. The average Bonchev–Trinajstić information content (AvgIpc) is 2.40. The number of fused-ring (bicyclic) bond motifs is 2. The van der Waals surface area contributed by atoms with Gasteiger partial charge in [0, 0.05) is 0 Å². The molecule has 0 radical (unpaired) electrons. The highest BCUT2D eigenvalue weighted by atomic mass is 16.9. The van der Waals surface area contributed by atoms with Gasteiger partial charge in [-0.05, 0) is 0 Å². The SMILES string of the molecule is O=C1CC2(O)CC(=O)O[C@@]3(O)[C@H](O)COC(O)(O1)[C@]3(O)OC2=O. The van der Waals surface area contributed by atoms with E-state index in [1.807, 2.05) is 0 Å². The molecule has 2 bridgehead atoms. The summed E-state index contributed by atoms with van der Waals surface area (Å²) in [5.74, 6) is -15.3. The zero-order valence-corrected chi connectivity index (χ0v) is 11.3. The molecule has 0 spiro atoms. The van der Waals surface area contributed by atoms with Crippen LogP contribution < -0.4 is 0 Å². The normalized spacial score (nSPS) is 50.0. The molecule has 3 saturated heterocycles. The highest BCUT2D eigenvalue weighted by Gasteiger charge is 2.80. The number of aliphatic hydroxyl groups is 5. The Hall–Kier alpha value is -1.83. The highest BCUT2D eigenvalue weighted by Crippen LogP contribution is 2.47. The van der Waals surface area contributed by atoms with Gasteiger partial charge >= 0.3 is 35.5 Å². The van der Waals surface area contributed by atoms with Crippen molar-refractivity contribution in [3.05, 3.63) is 0 Å². The van der Waals surface area contributed by atoms with Crippen LogP contribution in [0.5, 0.6) is 0 Å². The molecule has 3 rings (SSSR count). The summed E-state index contributed by atoms with van der Waals surface area (Å²) < 4.78 is 17.9. The molecule has 0 amide bonds. The van der Waals surface area contributed by atoms with Gasteiger partial charge in [0.1, 0.15) is 6.10 Å². The number of carbonyl (C=O) groups excluding carboxylic acids is 3. The summed E-state index contributed by atoms with van der Waals surface area (Å²) in [6.45, 7) is -0.961. The van der Waals surface area contributed by atoms with E-state index in [0.717, 1.165) is 0 Å². The van der Waals surface area contributed by atoms with Gasteiger partial charge in [-0.1, -0.05) is 0 Å². The molecular weight excluding hydrogens is 324 g/mol. The Labute approximate surface area is 126 Å². The molecule has 3 heterocycles. The van der Waals surface area contributed by atoms with Gasteiger partial charge in [0.2, 0.25) is 0 Å². The van der Waals surface area contributed by atoms with Crippen molar-refractivity contribution in [1.82, 2.24) is 0 Å². The fourth-order valence-electron chi connectivity index (χ4n) is 2.54. The molecule has 12 heteroatoms. The summed E-state index contributed by atoms with van der Waals surface area (Å²) in [4.78, 5) is 35.6. The maximum absolute atomic E-state index is 12.0. The lowest BCUT2D eigenvalue weighted by molar-refractivity contribution is -0.549. The maximum atomic E-state index is 12.0. The van der Waals surface area contributed by atoms with Crippen molar-refractivity contribution in [3.8, 4) is 0 Å². The van der Waals surface area contributed by atoms with Crippen LogP contribution in [0.15, 0.2) is 0 Å². The van der Waals surface area contributed by atoms with Crippen LogP contribution in [0, 0.1) is 0 Å². The van der Waals surface area contributed by atoms with E-state index in [2.05, 4.69) is 18.9 Å². The van der Waals surface area contributed by atoms with Crippen molar-refractivity contribution in [2.45, 2.75) is 42.1 Å². The Morgan fingerprint density at radius 2 is 1.48 bits per heavy atom. The molecule has 5 N–H and O–H groups in total. The van der Waals surface area contributed by atoms with Crippen molar-refractivity contribution in [1.29, 1.82) is 0 Å². The van der Waals surface area contributed by atoms with Crippen LogP contribution in [0.1, 0.15) is 12.8 Å². The minimum absolute atomic E-state index is 0.961. The summed E-state index contributed by atoms with van der Waals surface area (Å²) in [5.41, 5.74) is -2.77. The van der Waals surface area contributed by atoms with Crippen LogP contribution in [0.25, 0.3) is 0 Å². The largest absolute Gasteiger partial charge is 0.422 e. The Morgan fingerprint density at radius 3 is 2.09 bits per heavy atom. The fraction of sp³-hybridized carbons (Fsp3) is 0.727. The minimum Gasteiger partial charge on any atom is -0.422 e. The predicted molar refractivity (Wildman–Crippen MR) is 59.3 cm³/mol. The van der Waals surface area contributed by atoms with Crippen LogP contribution in [0.3, 0.4) is 0 Å². The monoisotopic (exact) mass is 336 g/mol. The molecule has 23 heavy (non-hydrogen) atoms. The third-order valence-electron chi connectivity index (χ3n) is 3.82. The Morgan fingerprint density at radius 1 is 0.913 bits per heavy atom. The standard InChI is InChI=1S/C11H12O12/c12-4-3-20-11(19)10(18)9(4,17)21-5(13)1-8(16,7(15)23-10)2-6(14)22-11/h4,12,16-19H,1-3H2/t4-,8?,9+,10-,11?/m1/s1. The summed E-state index contributed by atoms with van der Waals surface area (Å²) in [5, 5.41) is 50.8. The van der Waals surface area contributed by atoms with E-state index in [0.29, 0.717) is 0 Å². The highest BCUT2D eigenvalue weighted by molar-refractivity contribution is 5.91. The number of aliphatic hydroxyl groups excluding tert-OH is 1. The first-order chi connectivity index (χ1) is 10.5. The van der Waals surface area contributed by atoms with Crippen molar-refractivity contribution < 1.29 is 58.9 Å². The molecule has 3 fully saturated rings. The van der Waals surface area contributed by atoms with Gasteiger partial charge in [0.25, 0.3) is 0 Å². The first kappa shape index (κ1) is 16.0. The fourth-order valence-corrected chi connectivity index (χ4v) is 2.54. The van der Waals surface area contributed by atoms with Crippen LogP contribution >= 0.6 is 0 Å². The number of hydrogen-bond acceptors (Lipinski definition) is 12. The van der Waals surface area contributed by atoms with E-state index in [9.17, 15) is 39.9 Å². The lowest BCUT2D eigenvalue weighted by Crippen LogP contribution is -2.82. The molecule has 2 unspecified atom stereocenters. The molecule has 0 saturated carbocycles. The number of hydrogen-bond donors (Lipinski definition) is 5. The number of ether oxygens (including phenoxy) is 4. The quantitative estimate of drug-likeness (QED) is 0.211. The van der Waals surface area contributed by atoms with E-state index in [1.54, 1.807) is 0 Å². The maximum Gasteiger partial charge on any atom is 0.404 e. The van der Waals surface area contributed by atoms with Crippen molar-refractivity contribution in [2.24, 2.45) is 0 Å². The molecule has 0 aromatic heterocycles. The zero-order chi connectivity index (χ0) is 17.3. The lowest BCUT2D eigenvalue weighted by Gasteiger charge is -2.54. The van der Waals surface area contributed by atoms with Gasteiger partial charge in [0.05, 0.1) is 19.4 Å². The third-order valence-corrected chi connectivity index (χ3v) is 3.82. The second kappa shape index (κ2) is 4.37. The van der Waals surface area contributed by atoms with Crippen molar-refractivity contribution >= 4 is 17.9 Å². The van der Waals surface area contributed by atoms with Gasteiger partial charge in [-0.2, -0.15) is 0 Å². The molecule has 128 valence electrons. The van der Waals surface area contributed by atoms with Gasteiger partial charge in [-0.25, -0.2) is 4.79 Å². The van der Waals surface area contributed by atoms with Crippen molar-refractivity contribution in [2.75, 3.05) is 6.61 Å². The Kier molecular flexibility index (Phi) is 3.05. The van der Waals surface area contributed by atoms with Gasteiger partial charge in [-0.15, -0.1) is 0 Å². The first-order valence-electron chi connectivity index (χ1n) is 6.34. The average molecular weight is 336 g/mol. The summed E-state index contributed by atoms with van der Waals surface area (Å²) in [6, 6.07) is 0. The van der Waals surface area contributed by atoms with Crippen molar-refractivity contribution in [3.63, 3.8) is 0 Å². The van der Waals surface area contributed by atoms with E-state index in [-0.39, 0.29) is 0 Å². The van der Waals surface area contributed by atoms with E-state index < -0.39 is 66.6 Å². The smallest absolute Gasteiger partial charge is 0.404 e. The molecule has 0 aromatic carbocycles. The lowest BCUT2D eigenvalue weighted by atomic mass is 9.89. The predicted octanol–water partition coefficient (Wildman–Crippen LogP) is -4.43. The van der Waals surface area contributed by atoms with Crippen LogP contribution in [-0.2, 0) is 33.3 Å². The molecule has 12 nitrogen and oxygen atoms in total. The van der Waals surface area contributed by atoms with Gasteiger partial charge < -0.3 is 44.5 Å². The molecule has 0 aliphatic carbocycles. The topological polar surface area (TPSA) is 189 Å². The van der Waals surface area contributed by atoms with E-state index in [1.165, 1.54) is 0 Å². The Bertz CT molecular complexity index is 604. The molecule has 0 aromatic rings. The number of carbonyl (C=O) groups is 3. The van der Waals surface area contributed by atoms with Gasteiger partial charge in [0.15, 0.2) is 5.60 Å². The second-order valence-corrected chi connectivity index (χ2v) is 5.47. The summed E-state index contributed by atoms with van der Waals surface area (Å²) >= 11 is 0. The van der Waals surface area contributed by atoms with Crippen LogP contribution in [0.4, 0.5) is 0 Å². The number of rotatable bonds is 0. The molecule has 3 aliphatic rings. The zero-order valence-electron chi connectivity index (χ0n) is 11.3. The number of esters is 3. The second-order valence-electron chi connectivity index (χ2n) is 5.47. The van der Waals surface area contributed by atoms with E-state index in [4.69, 9.17) is 0 Å². The first-order valence-corrected chi connectivity index (χ1v) is 6.34. The van der Waals surface area contributed by atoms with Gasteiger partial charge in [-0.3, -0.25) is 9.59 Å². The molecule has 3 aliphatic heterocycles. The minimum atomic E-state index is -3.76. The van der Waals surface area contributed by atoms with Crippen LogP contribution in [-0.4, -0.2) is 79.3 Å².